The summed E-state index contributed by atoms with van der Waals surface area (Å²) in [5.41, 5.74) is 2.24. The van der Waals surface area contributed by atoms with Crippen LogP contribution in [0.25, 0.3) is 0 Å². The minimum absolute atomic E-state index is 0.121. The molecule has 0 amide bonds. The zero-order chi connectivity index (χ0) is 13.7. The SMILES string of the molecule is CCCNC(c1ccn(C)n1)c1ccnn1CCC. The van der Waals surface area contributed by atoms with Crippen LogP contribution in [-0.4, -0.2) is 26.1 Å². The summed E-state index contributed by atoms with van der Waals surface area (Å²) in [6.45, 7) is 6.25. The summed E-state index contributed by atoms with van der Waals surface area (Å²) in [6.07, 6.45) is 6.04. The number of rotatable bonds is 7. The smallest absolute Gasteiger partial charge is 0.0940 e. The second kappa shape index (κ2) is 6.52. The third kappa shape index (κ3) is 3.23. The van der Waals surface area contributed by atoms with E-state index in [-0.39, 0.29) is 6.04 Å². The Morgan fingerprint density at radius 1 is 1.26 bits per heavy atom. The molecule has 0 aromatic carbocycles. The second-order valence-corrected chi connectivity index (χ2v) is 4.78. The second-order valence-electron chi connectivity index (χ2n) is 4.78. The third-order valence-electron chi connectivity index (χ3n) is 3.11. The molecule has 2 aromatic heterocycles. The van der Waals surface area contributed by atoms with Crippen molar-refractivity contribution in [1.29, 1.82) is 0 Å². The van der Waals surface area contributed by atoms with E-state index in [9.17, 15) is 0 Å². The molecule has 0 radical (unpaired) electrons. The van der Waals surface area contributed by atoms with E-state index in [0.29, 0.717) is 0 Å². The van der Waals surface area contributed by atoms with Crippen molar-refractivity contribution in [1.82, 2.24) is 24.9 Å². The minimum atomic E-state index is 0.121. The van der Waals surface area contributed by atoms with Gasteiger partial charge in [-0.3, -0.25) is 9.36 Å². The van der Waals surface area contributed by atoms with Crippen LogP contribution in [0.5, 0.6) is 0 Å². The number of hydrogen-bond donors (Lipinski definition) is 1. The van der Waals surface area contributed by atoms with Gasteiger partial charge < -0.3 is 5.32 Å². The lowest BCUT2D eigenvalue weighted by molar-refractivity contribution is 0.501. The predicted octanol–water partition coefficient (Wildman–Crippen LogP) is 2.12. The quantitative estimate of drug-likeness (QED) is 0.830. The Hall–Kier alpha value is -1.62. The van der Waals surface area contributed by atoms with Gasteiger partial charge >= 0.3 is 0 Å². The summed E-state index contributed by atoms with van der Waals surface area (Å²) in [7, 11) is 1.95. The molecule has 2 heterocycles. The van der Waals surface area contributed by atoms with Crippen molar-refractivity contribution in [2.24, 2.45) is 7.05 Å². The molecule has 0 aliphatic heterocycles. The highest BCUT2D eigenvalue weighted by Gasteiger charge is 2.19. The maximum absolute atomic E-state index is 4.53. The van der Waals surface area contributed by atoms with E-state index in [1.807, 2.05) is 24.1 Å². The molecule has 0 saturated carbocycles. The van der Waals surface area contributed by atoms with Crippen molar-refractivity contribution in [2.75, 3.05) is 6.54 Å². The lowest BCUT2D eigenvalue weighted by Gasteiger charge is -2.18. The minimum Gasteiger partial charge on any atom is -0.304 e. The average molecular weight is 261 g/mol. The van der Waals surface area contributed by atoms with E-state index in [1.165, 1.54) is 5.69 Å². The highest BCUT2D eigenvalue weighted by atomic mass is 15.3. The maximum atomic E-state index is 4.53. The maximum Gasteiger partial charge on any atom is 0.0940 e. The summed E-state index contributed by atoms with van der Waals surface area (Å²) >= 11 is 0. The van der Waals surface area contributed by atoms with E-state index in [0.717, 1.165) is 31.6 Å². The number of nitrogens with zero attached hydrogens (tertiary/aromatic N) is 4. The first-order chi connectivity index (χ1) is 9.26. The third-order valence-corrected chi connectivity index (χ3v) is 3.11. The molecule has 0 aliphatic carbocycles. The van der Waals surface area contributed by atoms with Gasteiger partial charge in [-0.25, -0.2) is 0 Å². The largest absolute Gasteiger partial charge is 0.304 e. The van der Waals surface area contributed by atoms with E-state index in [1.54, 1.807) is 0 Å². The van der Waals surface area contributed by atoms with Gasteiger partial charge in [-0.2, -0.15) is 10.2 Å². The van der Waals surface area contributed by atoms with Crippen LogP contribution in [-0.2, 0) is 13.6 Å². The van der Waals surface area contributed by atoms with E-state index < -0.39 is 0 Å². The van der Waals surface area contributed by atoms with Crippen molar-refractivity contribution in [3.63, 3.8) is 0 Å². The van der Waals surface area contributed by atoms with Crippen molar-refractivity contribution in [2.45, 2.75) is 39.3 Å². The van der Waals surface area contributed by atoms with Gasteiger partial charge in [-0.05, 0) is 31.5 Å². The lowest BCUT2D eigenvalue weighted by Crippen LogP contribution is -2.26. The molecule has 1 N–H and O–H groups in total. The fourth-order valence-electron chi connectivity index (χ4n) is 2.22. The van der Waals surface area contributed by atoms with Crippen LogP contribution in [0.1, 0.15) is 44.1 Å². The van der Waals surface area contributed by atoms with Crippen LogP contribution in [0.3, 0.4) is 0 Å². The molecule has 2 aromatic rings. The van der Waals surface area contributed by atoms with Gasteiger partial charge in [0.25, 0.3) is 0 Å². The summed E-state index contributed by atoms with van der Waals surface area (Å²) in [5, 5.41) is 12.5. The normalized spacial score (nSPS) is 12.8. The molecular formula is C14H23N5. The highest BCUT2D eigenvalue weighted by molar-refractivity contribution is 5.20. The standard InChI is InChI=1S/C14H23N5/c1-4-8-15-14(12-7-11-18(3)17-12)13-6-9-16-19(13)10-5-2/h6-7,9,11,14-15H,4-5,8,10H2,1-3H3. The molecule has 2 rings (SSSR count). The van der Waals surface area contributed by atoms with Gasteiger partial charge in [0, 0.05) is 26.0 Å². The Bertz CT molecular complexity index is 499. The van der Waals surface area contributed by atoms with E-state index in [2.05, 4.69) is 46.2 Å². The number of hydrogen-bond acceptors (Lipinski definition) is 3. The van der Waals surface area contributed by atoms with Crippen LogP contribution in [0.15, 0.2) is 24.5 Å². The Labute approximate surface area is 114 Å². The first-order valence-electron chi connectivity index (χ1n) is 7.00. The summed E-state index contributed by atoms with van der Waals surface area (Å²) < 4.78 is 3.92. The van der Waals surface area contributed by atoms with Gasteiger partial charge in [-0.1, -0.05) is 13.8 Å². The van der Waals surface area contributed by atoms with Gasteiger partial charge in [0.2, 0.25) is 0 Å². The van der Waals surface area contributed by atoms with E-state index in [4.69, 9.17) is 0 Å². The highest BCUT2D eigenvalue weighted by Crippen LogP contribution is 2.20. The average Bonchev–Trinajstić information content (AvgIpc) is 3.01. The van der Waals surface area contributed by atoms with Crippen molar-refractivity contribution >= 4 is 0 Å². The van der Waals surface area contributed by atoms with Crippen LogP contribution >= 0.6 is 0 Å². The van der Waals surface area contributed by atoms with Crippen molar-refractivity contribution in [3.8, 4) is 0 Å². The number of nitrogens with one attached hydrogen (secondary N) is 1. The fourth-order valence-corrected chi connectivity index (χ4v) is 2.22. The summed E-state index contributed by atoms with van der Waals surface area (Å²) in [4.78, 5) is 0. The first kappa shape index (κ1) is 13.8. The Morgan fingerprint density at radius 3 is 2.74 bits per heavy atom. The molecule has 5 heteroatoms. The van der Waals surface area contributed by atoms with Gasteiger partial charge in [0.15, 0.2) is 0 Å². The van der Waals surface area contributed by atoms with Gasteiger partial charge in [0.05, 0.1) is 17.4 Å². The molecule has 0 fully saturated rings. The van der Waals surface area contributed by atoms with E-state index >= 15 is 0 Å². The van der Waals surface area contributed by atoms with Crippen molar-refractivity contribution < 1.29 is 0 Å². The van der Waals surface area contributed by atoms with Gasteiger partial charge in [-0.15, -0.1) is 0 Å². The molecular weight excluding hydrogens is 238 g/mol. The van der Waals surface area contributed by atoms with Crippen LogP contribution in [0.4, 0.5) is 0 Å². The monoisotopic (exact) mass is 261 g/mol. The lowest BCUT2D eigenvalue weighted by atomic mass is 10.1. The molecule has 1 atom stereocenters. The Balaban J connectivity index is 2.28. The van der Waals surface area contributed by atoms with Crippen LogP contribution in [0, 0.1) is 0 Å². The zero-order valence-corrected chi connectivity index (χ0v) is 12.0. The topological polar surface area (TPSA) is 47.7 Å². The summed E-state index contributed by atoms with van der Waals surface area (Å²) in [5.74, 6) is 0. The van der Waals surface area contributed by atoms with Gasteiger partial charge in [0.1, 0.15) is 0 Å². The molecule has 104 valence electrons. The number of aryl methyl sites for hydroxylation is 2. The van der Waals surface area contributed by atoms with Crippen LogP contribution in [0.2, 0.25) is 0 Å². The molecule has 0 saturated heterocycles. The zero-order valence-electron chi connectivity index (χ0n) is 12.0. The van der Waals surface area contributed by atoms with Crippen LogP contribution < -0.4 is 5.32 Å². The fraction of sp³-hybridized carbons (Fsp3) is 0.571. The predicted molar refractivity (Wildman–Crippen MR) is 75.9 cm³/mol. The Kier molecular flexibility index (Phi) is 4.74. The summed E-state index contributed by atoms with van der Waals surface area (Å²) in [6, 6.07) is 4.27. The first-order valence-corrected chi connectivity index (χ1v) is 7.00. The molecule has 0 spiro atoms. The molecule has 5 nitrogen and oxygen atoms in total. The number of aromatic nitrogens is 4. The molecule has 1 unspecified atom stereocenters. The Morgan fingerprint density at radius 2 is 2.11 bits per heavy atom. The van der Waals surface area contributed by atoms with Crippen molar-refractivity contribution in [3.05, 3.63) is 35.9 Å². The molecule has 19 heavy (non-hydrogen) atoms. The molecule has 0 aliphatic rings. The molecule has 0 bridgehead atoms.